The summed E-state index contributed by atoms with van der Waals surface area (Å²) in [5, 5.41) is 0. The quantitative estimate of drug-likeness (QED) is 0.0265. The van der Waals surface area contributed by atoms with E-state index >= 15 is 0 Å². The van der Waals surface area contributed by atoms with Crippen LogP contribution >= 0.6 is 7.82 Å². The summed E-state index contributed by atoms with van der Waals surface area (Å²) in [5.74, 6) is -0.831. The van der Waals surface area contributed by atoms with E-state index in [4.69, 9.17) is 24.3 Å². The molecule has 2 atom stereocenters. The molecular formula is C50H94NO8P. The lowest BCUT2D eigenvalue weighted by Crippen LogP contribution is -2.29. The summed E-state index contributed by atoms with van der Waals surface area (Å²) in [4.78, 5) is 34.6. The molecule has 352 valence electrons. The first kappa shape index (κ1) is 58.2. The van der Waals surface area contributed by atoms with Gasteiger partial charge < -0.3 is 20.1 Å². The number of unbranched alkanes of at least 4 members (excludes halogenated alkanes) is 28. The predicted octanol–water partition coefficient (Wildman–Crippen LogP) is 14.9. The van der Waals surface area contributed by atoms with Crippen molar-refractivity contribution in [2.75, 3.05) is 26.4 Å². The van der Waals surface area contributed by atoms with Crippen molar-refractivity contribution >= 4 is 19.8 Å². The van der Waals surface area contributed by atoms with Crippen molar-refractivity contribution < 1.29 is 37.6 Å². The number of phosphoric acid groups is 1. The van der Waals surface area contributed by atoms with Gasteiger partial charge in [-0.25, -0.2) is 4.57 Å². The molecule has 0 aliphatic carbocycles. The van der Waals surface area contributed by atoms with Gasteiger partial charge in [-0.3, -0.25) is 18.6 Å². The number of hydrogen-bond acceptors (Lipinski definition) is 8. The number of phosphoric ester groups is 1. The third kappa shape index (κ3) is 45.7. The van der Waals surface area contributed by atoms with Gasteiger partial charge in [0.2, 0.25) is 0 Å². The van der Waals surface area contributed by atoms with Crippen LogP contribution in [0.5, 0.6) is 0 Å². The van der Waals surface area contributed by atoms with Crippen LogP contribution in [-0.4, -0.2) is 49.3 Å². The summed E-state index contributed by atoms with van der Waals surface area (Å²) in [6, 6.07) is 0. The van der Waals surface area contributed by atoms with Crippen LogP contribution in [0.3, 0.4) is 0 Å². The Hall–Kier alpha value is -1.77. The first-order chi connectivity index (χ1) is 29.3. The second kappa shape index (κ2) is 46.7. The Kier molecular flexibility index (Phi) is 45.3. The van der Waals surface area contributed by atoms with Gasteiger partial charge in [-0.2, -0.15) is 0 Å². The predicted molar refractivity (Wildman–Crippen MR) is 252 cm³/mol. The fraction of sp³-hybridized carbons (Fsp3) is 0.840. The molecule has 0 heterocycles. The maximum atomic E-state index is 12.6. The minimum atomic E-state index is -4.37. The maximum Gasteiger partial charge on any atom is 0.472 e. The zero-order valence-electron chi connectivity index (χ0n) is 38.9. The zero-order valence-corrected chi connectivity index (χ0v) is 39.8. The van der Waals surface area contributed by atoms with Gasteiger partial charge in [0.15, 0.2) is 6.10 Å². The molecule has 0 saturated carbocycles. The van der Waals surface area contributed by atoms with E-state index in [-0.39, 0.29) is 38.6 Å². The lowest BCUT2D eigenvalue weighted by atomic mass is 10.0. The lowest BCUT2D eigenvalue weighted by Gasteiger charge is -2.19. The first-order valence-electron chi connectivity index (χ1n) is 25.0. The van der Waals surface area contributed by atoms with Crippen LogP contribution in [0.25, 0.3) is 0 Å². The van der Waals surface area contributed by atoms with Gasteiger partial charge in [0.25, 0.3) is 0 Å². The molecule has 0 aromatic carbocycles. The smallest absolute Gasteiger partial charge is 0.462 e. The van der Waals surface area contributed by atoms with Crippen molar-refractivity contribution in [2.24, 2.45) is 5.73 Å². The summed E-state index contributed by atoms with van der Waals surface area (Å²) >= 11 is 0. The Morgan fingerprint density at radius 3 is 1.28 bits per heavy atom. The minimum absolute atomic E-state index is 0.0549. The topological polar surface area (TPSA) is 134 Å². The average Bonchev–Trinajstić information content (AvgIpc) is 3.24. The highest BCUT2D eigenvalue weighted by Gasteiger charge is 2.26. The molecule has 10 heteroatoms. The molecule has 2 unspecified atom stereocenters. The van der Waals surface area contributed by atoms with E-state index in [1.165, 1.54) is 154 Å². The second-order valence-corrected chi connectivity index (χ2v) is 18.1. The highest BCUT2D eigenvalue weighted by Crippen LogP contribution is 2.43. The number of hydrogen-bond donors (Lipinski definition) is 2. The fourth-order valence-electron chi connectivity index (χ4n) is 7.05. The molecule has 60 heavy (non-hydrogen) atoms. The Morgan fingerprint density at radius 1 is 0.500 bits per heavy atom. The number of allylic oxidation sites excluding steroid dienone is 6. The lowest BCUT2D eigenvalue weighted by molar-refractivity contribution is -0.161. The van der Waals surface area contributed by atoms with Gasteiger partial charge in [-0.1, -0.05) is 211 Å². The van der Waals surface area contributed by atoms with Gasteiger partial charge in [0, 0.05) is 19.4 Å². The molecule has 9 nitrogen and oxygen atoms in total. The first-order valence-corrected chi connectivity index (χ1v) is 26.5. The van der Waals surface area contributed by atoms with E-state index in [9.17, 15) is 19.0 Å². The Labute approximate surface area is 369 Å². The number of esters is 2. The SMILES string of the molecule is CCCCCCC/C=C\C/C=C\C/C=C\CCCCCCCCCCCCCCCCCCCCC(=O)OC(COC(=O)CCCCCCCC)COP(=O)(O)OCCN. The van der Waals surface area contributed by atoms with Gasteiger partial charge >= 0.3 is 19.8 Å². The largest absolute Gasteiger partial charge is 0.472 e. The van der Waals surface area contributed by atoms with Crippen LogP contribution in [0.1, 0.15) is 239 Å². The minimum Gasteiger partial charge on any atom is -0.462 e. The third-order valence-corrected chi connectivity index (χ3v) is 11.8. The van der Waals surface area contributed by atoms with Crippen molar-refractivity contribution in [3.63, 3.8) is 0 Å². The second-order valence-electron chi connectivity index (χ2n) is 16.7. The van der Waals surface area contributed by atoms with Crippen molar-refractivity contribution in [1.82, 2.24) is 0 Å². The molecule has 0 amide bonds. The molecule has 0 aromatic rings. The zero-order chi connectivity index (χ0) is 43.9. The van der Waals surface area contributed by atoms with Crippen molar-refractivity contribution in [1.29, 1.82) is 0 Å². The van der Waals surface area contributed by atoms with Gasteiger partial charge in [0.1, 0.15) is 6.61 Å². The number of carbonyl (C=O) groups excluding carboxylic acids is 2. The molecule has 0 rings (SSSR count). The monoisotopic (exact) mass is 868 g/mol. The third-order valence-electron chi connectivity index (χ3n) is 10.8. The molecule has 3 N–H and O–H groups in total. The summed E-state index contributed by atoms with van der Waals surface area (Å²) in [6.07, 6.45) is 53.9. The number of carbonyl (C=O) groups is 2. The van der Waals surface area contributed by atoms with Crippen molar-refractivity contribution in [3.8, 4) is 0 Å². The number of nitrogens with two attached hydrogens (primary N) is 1. The van der Waals surface area contributed by atoms with Gasteiger partial charge in [-0.05, 0) is 51.4 Å². The highest BCUT2D eigenvalue weighted by molar-refractivity contribution is 7.47. The van der Waals surface area contributed by atoms with Crippen LogP contribution in [0.15, 0.2) is 36.5 Å². The molecular weight excluding hydrogens is 774 g/mol. The Bertz CT molecular complexity index is 1080. The Balaban J connectivity index is 3.75. The molecule has 0 aliphatic heterocycles. The average molecular weight is 868 g/mol. The number of ether oxygens (including phenoxy) is 2. The van der Waals surface area contributed by atoms with Gasteiger partial charge in [-0.15, -0.1) is 0 Å². The van der Waals surface area contributed by atoms with E-state index in [2.05, 4.69) is 50.3 Å². The van der Waals surface area contributed by atoms with Crippen LogP contribution in [-0.2, 0) is 32.7 Å². The molecule has 0 aliphatic rings. The summed E-state index contributed by atoms with van der Waals surface area (Å²) in [7, 11) is -4.37. The number of rotatable bonds is 47. The van der Waals surface area contributed by atoms with E-state index in [1.807, 2.05) is 0 Å². The van der Waals surface area contributed by atoms with E-state index in [0.29, 0.717) is 6.42 Å². The van der Waals surface area contributed by atoms with Crippen LogP contribution in [0.2, 0.25) is 0 Å². The molecule has 0 spiro atoms. The van der Waals surface area contributed by atoms with Crippen LogP contribution in [0, 0.1) is 0 Å². The molecule has 0 radical (unpaired) electrons. The fourth-order valence-corrected chi connectivity index (χ4v) is 7.82. The van der Waals surface area contributed by atoms with E-state index in [0.717, 1.165) is 51.4 Å². The van der Waals surface area contributed by atoms with Crippen LogP contribution in [0.4, 0.5) is 0 Å². The summed E-state index contributed by atoms with van der Waals surface area (Å²) < 4.78 is 32.6. The molecule has 0 aromatic heterocycles. The Morgan fingerprint density at radius 2 is 0.867 bits per heavy atom. The maximum absolute atomic E-state index is 12.6. The van der Waals surface area contributed by atoms with E-state index < -0.39 is 26.5 Å². The summed E-state index contributed by atoms with van der Waals surface area (Å²) in [6.45, 7) is 3.67. The molecule has 0 bridgehead atoms. The molecule has 0 fully saturated rings. The van der Waals surface area contributed by atoms with Crippen molar-refractivity contribution in [3.05, 3.63) is 36.5 Å². The van der Waals surface area contributed by atoms with E-state index in [1.54, 1.807) is 0 Å². The van der Waals surface area contributed by atoms with Crippen LogP contribution < -0.4 is 5.73 Å². The van der Waals surface area contributed by atoms with Crippen molar-refractivity contribution in [2.45, 2.75) is 245 Å². The normalized spacial score (nSPS) is 13.5. The van der Waals surface area contributed by atoms with Gasteiger partial charge in [0.05, 0.1) is 13.2 Å². The summed E-state index contributed by atoms with van der Waals surface area (Å²) in [5.41, 5.74) is 5.34. The standard InChI is InChI=1S/C50H94NO8P/c1-3-5-7-9-11-12-13-14-15-16-17-18-19-20-21-22-23-24-25-26-27-28-29-30-31-32-33-34-35-36-37-39-41-43-50(53)59-48(47-58-60(54,55)57-45-44-51)46-56-49(52)42-40-38-10-8-6-4-2/h13-14,16-17,19-20,48H,3-12,15,18,21-47,51H2,1-2H3,(H,54,55)/b14-13-,17-16-,20-19-. The molecule has 0 saturated heterocycles. The highest BCUT2D eigenvalue weighted by atomic mass is 31.2.